The van der Waals surface area contributed by atoms with Crippen molar-refractivity contribution in [1.82, 2.24) is 9.55 Å². The Hall–Kier alpha value is -1.91. The number of ether oxygens (including phenoxy) is 3. The molecule has 168 valence electrons. The molecule has 2 aromatic rings. The second-order valence-corrected chi connectivity index (χ2v) is 9.08. The lowest BCUT2D eigenvalue weighted by Gasteiger charge is -2.30. The molecule has 0 bridgehead atoms. The molecule has 2 aliphatic heterocycles. The maximum atomic E-state index is 12.4. The highest BCUT2D eigenvalue weighted by Gasteiger charge is 2.64. The molecule has 2 fully saturated rings. The number of benzene rings is 1. The smallest absolute Gasteiger partial charge is 0.351 e. The lowest BCUT2D eigenvalue weighted by molar-refractivity contribution is -0.217. The summed E-state index contributed by atoms with van der Waals surface area (Å²) in [5, 5.41) is 0. The van der Waals surface area contributed by atoms with Crippen LogP contribution >= 0.6 is 8.60 Å². The van der Waals surface area contributed by atoms with Gasteiger partial charge in [-0.1, -0.05) is 30.3 Å². The number of rotatable bonds is 7. The summed E-state index contributed by atoms with van der Waals surface area (Å²) in [4.78, 5) is 26.3. The van der Waals surface area contributed by atoms with E-state index in [0.717, 1.165) is 5.56 Å². The molecule has 10 nitrogen and oxygen atoms in total. The van der Waals surface area contributed by atoms with Crippen LogP contribution in [0.15, 0.2) is 47.4 Å². The number of nitrogens with two attached hydrogens (primary N) is 1. The van der Waals surface area contributed by atoms with Crippen molar-refractivity contribution in [2.24, 2.45) is 0 Å². The first kappa shape index (κ1) is 22.3. The van der Waals surface area contributed by atoms with Crippen molar-refractivity contribution < 1.29 is 28.2 Å². The van der Waals surface area contributed by atoms with E-state index in [4.69, 9.17) is 29.0 Å². The summed E-state index contributed by atoms with van der Waals surface area (Å²) in [6.07, 6.45) is -0.464. The van der Waals surface area contributed by atoms with Crippen LogP contribution in [-0.4, -0.2) is 44.6 Å². The Bertz CT molecular complexity index is 973. The highest BCUT2D eigenvalue weighted by molar-refractivity contribution is 7.40. The molecule has 1 aromatic heterocycles. The molecule has 3 N–H and O–H groups in total. The highest BCUT2D eigenvalue weighted by Crippen LogP contribution is 2.51. The molecule has 0 radical (unpaired) electrons. The minimum absolute atomic E-state index is 0.00958. The first-order valence-electron chi connectivity index (χ1n) is 9.85. The molecule has 1 unspecified atom stereocenters. The zero-order chi connectivity index (χ0) is 22.2. The molecule has 0 amide bonds. The average molecular weight is 451 g/mol. The van der Waals surface area contributed by atoms with Gasteiger partial charge in [0, 0.05) is 6.20 Å². The van der Waals surface area contributed by atoms with Gasteiger partial charge in [-0.2, -0.15) is 4.98 Å². The topological polar surface area (TPSA) is 127 Å². The van der Waals surface area contributed by atoms with Crippen LogP contribution in [0, 0.1) is 0 Å². The molecule has 2 aliphatic rings. The number of aromatic nitrogens is 2. The fourth-order valence-electron chi connectivity index (χ4n) is 3.99. The van der Waals surface area contributed by atoms with Crippen LogP contribution in [0.2, 0.25) is 0 Å². The second-order valence-electron chi connectivity index (χ2n) is 8.09. The van der Waals surface area contributed by atoms with Gasteiger partial charge in [0.15, 0.2) is 12.0 Å². The number of anilines is 1. The number of nitrogens with zero attached hydrogens (tertiary/aromatic N) is 2. The van der Waals surface area contributed by atoms with E-state index in [1.165, 1.54) is 16.8 Å². The van der Waals surface area contributed by atoms with Crippen LogP contribution < -0.4 is 11.4 Å². The Balaban J connectivity index is 1.46. The van der Waals surface area contributed by atoms with Crippen molar-refractivity contribution in [3.8, 4) is 0 Å². The number of fused-ring (bicyclic) bond motifs is 1. The maximum Gasteiger partial charge on any atom is 0.351 e. The fraction of sp³-hybridized carbons (Fsp3) is 0.500. The summed E-state index contributed by atoms with van der Waals surface area (Å²) in [6.45, 7) is 5.60. The molecule has 0 spiro atoms. The normalized spacial score (nSPS) is 30.3. The zero-order valence-electron chi connectivity index (χ0n) is 17.5. The van der Waals surface area contributed by atoms with Gasteiger partial charge in [0.05, 0.1) is 13.2 Å². The van der Waals surface area contributed by atoms with Crippen molar-refractivity contribution in [2.75, 3.05) is 12.3 Å². The predicted molar refractivity (Wildman–Crippen MR) is 112 cm³/mol. The Morgan fingerprint density at radius 2 is 1.97 bits per heavy atom. The minimum atomic E-state index is -2.13. The molecule has 3 heterocycles. The first-order valence-corrected chi connectivity index (χ1v) is 11.0. The van der Waals surface area contributed by atoms with Crippen molar-refractivity contribution in [1.29, 1.82) is 0 Å². The zero-order valence-corrected chi connectivity index (χ0v) is 18.4. The molecule has 0 aliphatic carbocycles. The van der Waals surface area contributed by atoms with Gasteiger partial charge < -0.3 is 33.9 Å². The van der Waals surface area contributed by atoms with E-state index in [0.29, 0.717) is 0 Å². The third-order valence-corrected chi connectivity index (χ3v) is 5.93. The van der Waals surface area contributed by atoms with E-state index in [1.54, 1.807) is 13.8 Å². The van der Waals surface area contributed by atoms with Crippen LogP contribution in [0.4, 0.5) is 5.82 Å². The minimum Gasteiger partial charge on any atom is -0.383 e. The van der Waals surface area contributed by atoms with Crippen LogP contribution in [0.3, 0.4) is 0 Å². The standard InChI is InChI=1S/C20H26N3O7P/c1-19(2)29-16-14(12-27-31(25)26-11-13-7-5-4-6-8-13)28-17(20(16,3)30-19)23-10-9-15(21)22-18(23)24/h4-10,14,16-17,25H,11-12H2,1-3H3,(H2,21,22,24)/t14-,16-,17-,20-,31?/m1/s1. The summed E-state index contributed by atoms with van der Waals surface area (Å²) in [5.41, 5.74) is 4.98. The van der Waals surface area contributed by atoms with Crippen molar-refractivity contribution >= 4 is 14.4 Å². The Labute approximate surface area is 180 Å². The van der Waals surface area contributed by atoms with E-state index in [1.807, 2.05) is 37.3 Å². The number of nitrogen functional groups attached to an aromatic ring is 1. The Morgan fingerprint density at radius 3 is 2.68 bits per heavy atom. The van der Waals surface area contributed by atoms with Crippen molar-refractivity contribution in [2.45, 2.75) is 57.2 Å². The molecule has 31 heavy (non-hydrogen) atoms. The van der Waals surface area contributed by atoms with Gasteiger partial charge >= 0.3 is 14.3 Å². The van der Waals surface area contributed by atoms with E-state index in [9.17, 15) is 9.69 Å². The van der Waals surface area contributed by atoms with Gasteiger partial charge in [0.25, 0.3) is 0 Å². The summed E-state index contributed by atoms with van der Waals surface area (Å²) in [5.74, 6) is -0.774. The molecule has 1 aromatic carbocycles. The number of hydrogen-bond acceptors (Lipinski definition) is 9. The lowest BCUT2D eigenvalue weighted by Crippen LogP contribution is -2.44. The third-order valence-electron chi connectivity index (χ3n) is 5.21. The summed E-state index contributed by atoms with van der Waals surface area (Å²) < 4.78 is 30.5. The third kappa shape index (κ3) is 4.65. The van der Waals surface area contributed by atoms with Crippen LogP contribution in [-0.2, 0) is 29.9 Å². The first-order chi connectivity index (χ1) is 14.7. The van der Waals surface area contributed by atoms with Crippen LogP contribution in [0.5, 0.6) is 0 Å². The molecule has 0 saturated carbocycles. The Morgan fingerprint density at radius 1 is 1.23 bits per heavy atom. The SMILES string of the molecule is CC1(C)O[C@@H]2[C@@H](COP(O)OCc3ccccc3)O[C@@H](n3ccc(N)nc3=O)[C@]2(C)O1. The summed E-state index contributed by atoms with van der Waals surface area (Å²) in [7, 11) is -2.13. The van der Waals surface area contributed by atoms with Gasteiger partial charge in [-0.25, -0.2) is 4.79 Å². The van der Waals surface area contributed by atoms with Crippen molar-refractivity contribution in [3.63, 3.8) is 0 Å². The summed E-state index contributed by atoms with van der Waals surface area (Å²) in [6, 6.07) is 11.0. The molecular formula is C20H26N3O7P. The summed E-state index contributed by atoms with van der Waals surface area (Å²) >= 11 is 0. The molecule has 4 rings (SSSR count). The quantitative estimate of drug-likeness (QED) is 0.608. The molecule has 2 saturated heterocycles. The van der Waals surface area contributed by atoms with E-state index in [2.05, 4.69) is 4.98 Å². The molecule has 5 atom stereocenters. The van der Waals surface area contributed by atoms with Crippen LogP contribution in [0.1, 0.15) is 32.6 Å². The predicted octanol–water partition coefficient (Wildman–Crippen LogP) is 2.09. The van der Waals surface area contributed by atoms with Gasteiger partial charge in [-0.3, -0.25) is 4.57 Å². The molecule has 11 heteroatoms. The Kier molecular flexibility index (Phi) is 6.15. The number of hydrogen-bond donors (Lipinski definition) is 2. The molecular weight excluding hydrogens is 425 g/mol. The van der Waals surface area contributed by atoms with Gasteiger partial charge in [-0.15, -0.1) is 0 Å². The van der Waals surface area contributed by atoms with E-state index < -0.39 is 44.1 Å². The monoisotopic (exact) mass is 451 g/mol. The second kappa shape index (κ2) is 8.55. The lowest BCUT2D eigenvalue weighted by atomic mass is 9.96. The largest absolute Gasteiger partial charge is 0.383 e. The maximum absolute atomic E-state index is 12.4. The fourth-order valence-corrected chi connectivity index (χ4v) is 4.60. The van der Waals surface area contributed by atoms with E-state index in [-0.39, 0.29) is 19.0 Å². The van der Waals surface area contributed by atoms with Gasteiger partial charge in [0.2, 0.25) is 0 Å². The van der Waals surface area contributed by atoms with E-state index >= 15 is 0 Å². The van der Waals surface area contributed by atoms with Gasteiger partial charge in [-0.05, 0) is 32.4 Å². The highest BCUT2D eigenvalue weighted by atomic mass is 31.2. The average Bonchev–Trinajstić information content (AvgIpc) is 3.11. The van der Waals surface area contributed by atoms with Crippen molar-refractivity contribution in [3.05, 3.63) is 58.6 Å². The van der Waals surface area contributed by atoms with Crippen LogP contribution in [0.25, 0.3) is 0 Å². The van der Waals surface area contributed by atoms with Gasteiger partial charge in [0.1, 0.15) is 23.6 Å².